The van der Waals surface area contributed by atoms with Crippen LogP contribution >= 0.6 is 11.6 Å². The van der Waals surface area contributed by atoms with E-state index in [1.54, 1.807) is 13.8 Å². The smallest absolute Gasteiger partial charge is 0.265 e. The molecule has 1 N–H and O–H groups in total. The van der Waals surface area contributed by atoms with Crippen LogP contribution in [0.5, 0.6) is 5.75 Å². The highest BCUT2D eigenvalue weighted by atomic mass is 35.5. The molecule has 0 fully saturated rings. The minimum Gasteiger partial charge on any atom is -0.479 e. The molecule has 1 amide bonds. The third kappa shape index (κ3) is 3.86. The standard InChI is InChI=1S/C19H16ClFN2O3/c1-11-17(18(26-23-11)13-6-4-3-5-7-13)22-19(24)12(2)25-16-9-8-14(21)10-15(16)20/h3-10,12H,1-2H3,(H,22,24)/t12-/m0/s1. The van der Waals surface area contributed by atoms with E-state index in [4.69, 9.17) is 20.9 Å². The Morgan fingerprint density at radius 3 is 2.69 bits per heavy atom. The largest absolute Gasteiger partial charge is 0.479 e. The van der Waals surface area contributed by atoms with Gasteiger partial charge in [0.25, 0.3) is 5.91 Å². The summed E-state index contributed by atoms with van der Waals surface area (Å²) in [6, 6.07) is 13.0. The van der Waals surface area contributed by atoms with Gasteiger partial charge in [0.1, 0.15) is 22.9 Å². The molecule has 1 atom stereocenters. The number of nitrogens with zero attached hydrogens (tertiary/aromatic N) is 1. The molecule has 5 nitrogen and oxygen atoms in total. The van der Waals surface area contributed by atoms with Crippen molar-refractivity contribution in [2.75, 3.05) is 5.32 Å². The molecule has 1 aromatic heterocycles. The molecule has 0 radical (unpaired) electrons. The van der Waals surface area contributed by atoms with Crippen molar-refractivity contribution in [2.24, 2.45) is 0 Å². The van der Waals surface area contributed by atoms with Gasteiger partial charge in [-0.15, -0.1) is 0 Å². The van der Waals surface area contributed by atoms with Crippen molar-refractivity contribution in [3.05, 3.63) is 65.1 Å². The number of amides is 1. The Morgan fingerprint density at radius 2 is 2.00 bits per heavy atom. The summed E-state index contributed by atoms with van der Waals surface area (Å²) < 4.78 is 24.0. The predicted molar refractivity (Wildman–Crippen MR) is 96.8 cm³/mol. The van der Waals surface area contributed by atoms with Gasteiger partial charge in [-0.1, -0.05) is 47.1 Å². The van der Waals surface area contributed by atoms with Crippen LogP contribution in [0.2, 0.25) is 5.02 Å². The molecule has 134 valence electrons. The van der Waals surface area contributed by atoms with Crippen molar-refractivity contribution < 1.29 is 18.4 Å². The summed E-state index contributed by atoms with van der Waals surface area (Å²) in [4.78, 5) is 12.5. The first kappa shape index (κ1) is 17.9. The summed E-state index contributed by atoms with van der Waals surface area (Å²) >= 11 is 5.93. The second-order valence-corrected chi connectivity index (χ2v) is 6.07. The highest BCUT2D eigenvalue weighted by Crippen LogP contribution is 2.31. The summed E-state index contributed by atoms with van der Waals surface area (Å²) in [5.74, 6) is -0.203. The number of nitrogens with one attached hydrogen (secondary N) is 1. The molecular formula is C19H16ClFN2O3. The molecule has 0 saturated heterocycles. The van der Waals surface area contributed by atoms with Gasteiger partial charge in [0.05, 0.1) is 5.02 Å². The Kier molecular flexibility index (Phi) is 5.23. The zero-order chi connectivity index (χ0) is 18.7. The number of carbonyl (C=O) groups excluding carboxylic acids is 1. The SMILES string of the molecule is Cc1noc(-c2ccccc2)c1NC(=O)[C@H](C)Oc1ccc(F)cc1Cl. The van der Waals surface area contributed by atoms with E-state index in [0.29, 0.717) is 17.1 Å². The number of hydrogen-bond acceptors (Lipinski definition) is 4. The number of aryl methyl sites for hydroxylation is 1. The monoisotopic (exact) mass is 374 g/mol. The molecule has 0 aliphatic carbocycles. The third-order valence-corrected chi connectivity index (χ3v) is 4.01. The van der Waals surface area contributed by atoms with Crippen LogP contribution in [0.15, 0.2) is 53.1 Å². The molecular weight excluding hydrogens is 359 g/mol. The van der Waals surface area contributed by atoms with Gasteiger partial charge in [-0.3, -0.25) is 4.79 Å². The fourth-order valence-corrected chi connectivity index (χ4v) is 2.55. The van der Waals surface area contributed by atoms with Crippen molar-refractivity contribution >= 4 is 23.2 Å². The predicted octanol–water partition coefficient (Wildman–Crippen LogP) is 4.85. The molecule has 3 aromatic rings. The summed E-state index contributed by atoms with van der Waals surface area (Å²) in [5.41, 5.74) is 1.81. The molecule has 0 unspecified atom stereocenters. The van der Waals surface area contributed by atoms with Gasteiger partial charge >= 0.3 is 0 Å². The maximum absolute atomic E-state index is 13.1. The maximum Gasteiger partial charge on any atom is 0.265 e. The Labute approximate surface area is 154 Å². The van der Waals surface area contributed by atoms with Crippen LogP contribution in [0.4, 0.5) is 10.1 Å². The number of aromatic nitrogens is 1. The number of carbonyl (C=O) groups is 1. The average molecular weight is 375 g/mol. The number of halogens is 2. The Bertz CT molecular complexity index is 928. The van der Waals surface area contributed by atoms with Gasteiger partial charge in [0.2, 0.25) is 0 Å². The first-order chi connectivity index (χ1) is 12.5. The lowest BCUT2D eigenvalue weighted by Crippen LogP contribution is -2.30. The molecule has 0 aliphatic rings. The van der Waals surface area contributed by atoms with Crippen molar-refractivity contribution in [2.45, 2.75) is 20.0 Å². The number of ether oxygens (including phenoxy) is 1. The molecule has 1 heterocycles. The topological polar surface area (TPSA) is 64.4 Å². The van der Waals surface area contributed by atoms with Gasteiger partial charge in [-0.25, -0.2) is 4.39 Å². The van der Waals surface area contributed by atoms with E-state index in [1.807, 2.05) is 30.3 Å². The number of hydrogen-bond donors (Lipinski definition) is 1. The molecule has 26 heavy (non-hydrogen) atoms. The van der Waals surface area contributed by atoms with Gasteiger partial charge in [-0.2, -0.15) is 0 Å². The molecule has 0 bridgehead atoms. The van der Waals surface area contributed by atoms with E-state index >= 15 is 0 Å². The molecule has 7 heteroatoms. The first-order valence-electron chi connectivity index (χ1n) is 7.90. The number of benzene rings is 2. The zero-order valence-corrected chi connectivity index (χ0v) is 14.9. The second kappa shape index (κ2) is 7.58. The van der Waals surface area contributed by atoms with Gasteiger partial charge in [-0.05, 0) is 32.0 Å². The van der Waals surface area contributed by atoms with Crippen molar-refractivity contribution in [1.82, 2.24) is 5.16 Å². The van der Waals surface area contributed by atoms with E-state index in [-0.39, 0.29) is 10.8 Å². The fraction of sp³-hybridized carbons (Fsp3) is 0.158. The van der Waals surface area contributed by atoms with E-state index in [1.165, 1.54) is 12.1 Å². The lowest BCUT2D eigenvalue weighted by Gasteiger charge is -2.15. The van der Waals surface area contributed by atoms with Crippen LogP contribution < -0.4 is 10.1 Å². The van der Waals surface area contributed by atoms with E-state index in [9.17, 15) is 9.18 Å². The van der Waals surface area contributed by atoms with Crippen molar-refractivity contribution in [3.63, 3.8) is 0 Å². The van der Waals surface area contributed by atoms with Gasteiger partial charge < -0.3 is 14.6 Å². The van der Waals surface area contributed by atoms with Crippen LogP contribution in [0, 0.1) is 12.7 Å². The van der Waals surface area contributed by atoms with E-state index < -0.39 is 17.8 Å². The third-order valence-electron chi connectivity index (χ3n) is 3.71. The molecule has 0 spiro atoms. The van der Waals surface area contributed by atoms with Crippen molar-refractivity contribution in [1.29, 1.82) is 0 Å². The zero-order valence-electron chi connectivity index (χ0n) is 14.1. The average Bonchev–Trinajstić information content (AvgIpc) is 2.98. The molecule has 0 saturated carbocycles. The Hall–Kier alpha value is -2.86. The van der Waals surface area contributed by atoms with Crippen molar-refractivity contribution in [3.8, 4) is 17.1 Å². The van der Waals surface area contributed by atoms with Crippen LogP contribution in [0.25, 0.3) is 11.3 Å². The molecule has 2 aromatic carbocycles. The quantitative estimate of drug-likeness (QED) is 0.693. The highest BCUT2D eigenvalue weighted by Gasteiger charge is 2.22. The molecule has 0 aliphatic heterocycles. The van der Waals surface area contributed by atoms with Crippen LogP contribution in [0.3, 0.4) is 0 Å². The normalized spacial score (nSPS) is 11.8. The van der Waals surface area contributed by atoms with E-state index in [2.05, 4.69) is 10.5 Å². The first-order valence-corrected chi connectivity index (χ1v) is 8.27. The Morgan fingerprint density at radius 1 is 1.27 bits per heavy atom. The lowest BCUT2D eigenvalue weighted by molar-refractivity contribution is -0.122. The summed E-state index contributed by atoms with van der Waals surface area (Å²) in [6.45, 7) is 3.30. The maximum atomic E-state index is 13.1. The van der Waals surface area contributed by atoms with E-state index in [0.717, 1.165) is 11.6 Å². The van der Waals surface area contributed by atoms with Crippen LogP contribution in [-0.4, -0.2) is 17.2 Å². The van der Waals surface area contributed by atoms with Gasteiger partial charge in [0, 0.05) is 5.56 Å². The van der Waals surface area contributed by atoms with Crippen LogP contribution in [-0.2, 0) is 4.79 Å². The summed E-state index contributed by atoms with van der Waals surface area (Å²) in [7, 11) is 0. The summed E-state index contributed by atoms with van der Waals surface area (Å²) in [6.07, 6.45) is -0.865. The Balaban J connectivity index is 1.77. The summed E-state index contributed by atoms with van der Waals surface area (Å²) in [5, 5.41) is 6.78. The minimum atomic E-state index is -0.865. The van der Waals surface area contributed by atoms with Crippen LogP contribution in [0.1, 0.15) is 12.6 Å². The minimum absolute atomic E-state index is 0.0933. The van der Waals surface area contributed by atoms with Gasteiger partial charge in [0.15, 0.2) is 11.9 Å². The lowest BCUT2D eigenvalue weighted by atomic mass is 10.1. The fourth-order valence-electron chi connectivity index (χ4n) is 2.34. The number of anilines is 1. The highest BCUT2D eigenvalue weighted by molar-refractivity contribution is 6.32. The number of rotatable bonds is 5. The molecule has 3 rings (SSSR count). The second-order valence-electron chi connectivity index (χ2n) is 5.66.